The molecular weight excluding hydrogens is 495 g/mol. The van der Waals surface area contributed by atoms with E-state index in [-0.39, 0.29) is 29.5 Å². The number of ether oxygens (including phenoxy) is 3. The SMILES string of the molecule is CN=C(NCc1ccc(C)cc1OCCCOC)NCC(C)(C)N1CCOCC1.I. The summed E-state index contributed by atoms with van der Waals surface area (Å²) in [7, 11) is 3.51. The highest BCUT2D eigenvalue weighted by atomic mass is 127. The van der Waals surface area contributed by atoms with Crippen molar-refractivity contribution < 1.29 is 14.2 Å². The lowest BCUT2D eigenvalue weighted by atomic mass is 10.0. The monoisotopic (exact) mass is 534 g/mol. The number of aliphatic imine (C=N–C) groups is 1. The molecule has 1 aromatic carbocycles. The second-order valence-electron chi connectivity index (χ2n) is 8.00. The molecular formula is C22H39IN4O3. The molecule has 8 heteroatoms. The van der Waals surface area contributed by atoms with Gasteiger partial charge < -0.3 is 24.8 Å². The van der Waals surface area contributed by atoms with E-state index >= 15 is 0 Å². The van der Waals surface area contributed by atoms with Crippen LogP contribution in [0.1, 0.15) is 31.4 Å². The molecule has 1 saturated heterocycles. The third-order valence-electron chi connectivity index (χ3n) is 5.20. The van der Waals surface area contributed by atoms with Gasteiger partial charge >= 0.3 is 0 Å². The maximum Gasteiger partial charge on any atom is 0.191 e. The summed E-state index contributed by atoms with van der Waals surface area (Å²) in [6.45, 7) is 12.9. The first-order chi connectivity index (χ1) is 14.0. The van der Waals surface area contributed by atoms with Gasteiger partial charge in [0.1, 0.15) is 5.75 Å². The molecule has 0 aromatic heterocycles. The summed E-state index contributed by atoms with van der Waals surface area (Å²) in [5.41, 5.74) is 2.33. The fourth-order valence-corrected chi connectivity index (χ4v) is 3.31. The van der Waals surface area contributed by atoms with Crippen LogP contribution in [-0.4, -0.2) is 76.6 Å². The molecule has 1 aromatic rings. The number of rotatable bonds is 10. The standard InChI is InChI=1S/C22H38N4O3.HI/c1-18-7-8-19(20(15-18)29-12-6-11-27-5)16-24-21(23-4)25-17-22(2,3)26-9-13-28-14-10-26;/h7-8,15H,6,9-14,16-17H2,1-5H3,(H2,23,24,25);1H. The van der Waals surface area contributed by atoms with Gasteiger partial charge in [0.15, 0.2) is 5.96 Å². The molecule has 172 valence electrons. The minimum absolute atomic E-state index is 0. The number of hydrogen-bond acceptors (Lipinski definition) is 5. The maximum atomic E-state index is 5.98. The van der Waals surface area contributed by atoms with Gasteiger partial charge in [0.05, 0.1) is 19.8 Å². The third kappa shape index (κ3) is 8.95. The molecule has 1 aliphatic heterocycles. The number of methoxy groups -OCH3 is 1. The van der Waals surface area contributed by atoms with Crippen LogP contribution in [0.4, 0.5) is 0 Å². The second-order valence-corrected chi connectivity index (χ2v) is 8.00. The molecule has 0 amide bonds. The summed E-state index contributed by atoms with van der Waals surface area (Å²) < 4.78 is 16.6. The van der Waals surface area contributed by atoms with Crippen LogP contribution in [-0.2, 0) is 16.0 Å². The van der Waals surface area contributed by atoms with E-state index in [2.05, 4.69) is 59.5 Å². The van der Waals surface area contributed by atoms with Gasteiger partial charge in [0.25, 0.3) is 0 Å². The summed E-state index contributed by atoms with van der Waals surface area (Å²) in [5.74, 6) is 1.70. The van der Waals surface area contributed by atoms with Crippen LogP contribution in [0.25, 0.3) is 0 Å². The van der Waals surface area contributed by atoms with Crippen molar-refractivity contribution in [1.82, 2.24) is 15.5 Å². The molecule has 7 nitrogen and oxygen atoms in total. The molecule has 1 heterocycles. The molecule has 0 atom stereocenters. The summed E-state index contributed by atoms with van der Waals surface area (Å²) in [4.78, 5) is 6.84. The normalized spacial score (nSPS) is 15.4. The first kappa shape index (κ1) is 26.9. The Balaban J connectivity index is 0.00000450. The smallest absolute Gasteiger partial charge is 0.191 e. The third-order valence-corrected chi connectivity index (χ3v) is 5.20. The molecule has 0 saturated carbocycles. The van der Waals surface area contributed by atoms with Crippen molar-refractivity contribution in [2.24, 2.45) is 4.99 Å². The van der Waals surface area contributed by atoms with E-state index in [1.165, 1.54) is 5.56 Å². The van der Waals surface area contributed by atoms with Crippen molar-refractivity contribution in [3.05, 3.63) is 29.3 Å². The van der Waals surface area contributed by atoms with Gasteiger partial charge in [-0.25, -0.2) is 0 Å². The predicted octanol–water partition coefficient (Wildman–Crippen LogP) is 2.80. The van der Waals surface area contributed by atoms with Crippen molar-refractivity contribution in [3.8, 4) is 5.75 Å². The average molecular weight is 534 g/mol. The number of nitrogens with one attached hydrogen (secondary N) is 2. The van der Waals surface area contributed by atoms with E-state index in [0.717, 1.165) is 56.5 Å². The Bertz CT molecular complexity index is 649. The highest BCUT2D eigenvalue weighted by Gasteiger charge is 2.28. The quantitative estimate of drug-likeness (QED) is 0.208. The van der Waals surface area contributed by atoms with Crippen molar-refractivity contribution in [2.45, 2.75) is 39.3 Å². The molecule has 0 spiro atoms. The van der Waals surface area contributed by atoms with Crippen molar-refractivity contribution in [1.29, 1.82) is 0 Å². The lowest BCUT2D eigenvalue weighted by Crippen LogP contribution is -2.56. The molecule has 30 heavy (non-hydrogen) atoms. The zero-order valence-corrected chi connectivity index (χ0v) is 21.5. The Morgan fingerprint density at radius 2 is 1.93 bits per heavy atom. The van der Waals surface area contributed by atoms with Gasteiger partial charge in [-0.15, -0.1) is 24.0 Å². The van der Waals surface area contributed by atoms with E-state index in [4.69, 9.17) is 14.2 Å². The van der Waals surface area contributed by atoms with Crippen LogP contribution in [0.5, 0.6) is 5.75 Å². The van der Waals surface area contributed by atoms with Crippen LogP contribution in [0.15, 0.2) is 23.2 Å². The summed E-state index contributed by atoms with van der Waals surface area (Å²) in [6, 6.07) is 6.30. The largest absolute Gasteiger partial charge is 0.493 e. The molecule has 2 rings (SSSR count). The number of halogens is 1. The van der Waals surface area contributed by atoms with Crippen molar-refractivity contribution in [3.63, 3.8) is 0 Å². The van der Waals surface area contributed by atoms with Gasteiger partial charge in [-0.2, -0.15) is 0 Å². The molecule has 1 aliphatic rings. The molecule has 2 N–H and O–H groups in total. The van der Waals surface area contributed by atoms with E-state index in [0.29, 0.717) is 19.8 Å². The topological polar surface area (TPSA) is 67.4 Å². The highest BCUT2D eigenvalue weighted by Crippen LogP contribution is 2.20. The Morgan fingerprint density at radius 1 is 1.20 bits per heavy atom. The molecule has 0 aliphatic carbocycles. The molecule has 0 radical (unpaired) electrons. The van der Waals surface area contributed by atoms with E-state index in [1.54, 1.807) is 14.2 Å². The number of hydrogen-bond donors (Lipinski definition) is 2. The van der Waals surface area contributed by atoms with Crippen LogP contribution in [0.2, 0.25) is 0 Å². The zero-order valence-electron chi connectivity index (χ0n) is 19.1. The molecule has 0 bridgehead atoms. The van der Waals surface area contributed by atoms with Crippen LogP contribution in [0.3, 0.4) is 0 Å². The zero-order chi connectivity index (χ0) is 21.1. The fraction of sp³-hybridized carbons (Fsp3) is 0.682. The number of guanidine groups is 1. The van der Waals surface area contributed by atoms with Crippen LogP contribution >= 0.6 is 24.0 Å². The Labute approximate surface area is 199 Å². The van der Waals surface area contributed by atoms with Crippen LogP contribution in [0, 0.1) is 6.92 Å². The van der Waals surface area contributed by atoms with Gasteiger partial charge in [0, 0.05) is 64.5 Å². The first-order valence-corrected chi connectivity index (χ1v) is 10.4. The van der Waals surface area contributed by atoms with Crippen molar-refractivity contribution in [2.75, 3.05) is 60.2 Å². The Morgan fingerprint density at radius 3 is 2.60 bits per heavy atom. The van der Waals surface area contributed by atoms with Gasteiger partial charge in [-0.05, 0) is 32.4 Å². The number of morpholine rings is 1. The Hall–Kier alpha value is -1.10. The maximum absolute atomic E-state index is 5.98. The minimum atomic E-state index is 0. The van der Waals surface area contributed by atoms with E-state index < -0.39 is 0 Å². The Kier molecular flexibility index (Phi) is 12.6. The minimum Gasteiger partial charge on any atom is -0.493 e. The first-order valence-electron chi connectivity index (χ1n) is 10.4. The molecule has 0 unspecified atom stereocenters. The lowest BCUT2D eigenvalue weighted by molar-refractivity contribution is -0.00834. The highest BCUT2D eigenvalue weighted by molar-refractivity contribution is 14.0. The fourth-order valence-electron chi connectivity index (χ4n) is 3.31. The van der Waals surface area contributed by atoms with Gasteiger partial charge in [-0.1, -0.05) is 12.1 Å². The van der Waals surface area contributed by atoms with Crippen LogP contribution < -0.4 is 15.4 Å². The summed E-state index contributed by atoms with van der Waals surface area (Å²) >= 11 is 0. The molecule has 1 fully saturated rings. The number of benzene rings is 1. The van der Waals surface area contributed by atoms with Gasteiger partial charge in [0.2, 0.25) is 0 Å². The average Bonchev–Trinajstić information content (AvgIpc) is 2.73. The summed E-state index contributed by atoms with van der Waals surface area (Å²) in [5, 5.41) is 6.88. The van der Waals surface area contributed by atoms with E-state index in [1.807, 2.05) is 0 Å². The predicted molar refractivity (Wildman–Crippen MR) is 133 cm³/mol. The van der Waals surface area contributed by atoms with E-state index in [9.17, 15) is 0 Å². The van der Waals surface area contributed by atoms with Crippen molar-refractivity contribution >= 4 is 29.9 Å². The number of aryl methyl sites for hydroxylation is 1. The number of nitrogens with zero attached hydrogens (tertiary/aromatic N) is 2. The van der Waals surface area contributed by atoms with Gasteiger partial charge in [-0.3, -0.25) is 9.89 Å². The second kappa shape index (κ2) is 14.1. The summed E-state index contributed by atoms with van der Waals surface area (Å²) in [6.07, 6.45) is 0.872. The lowest BCUT2D eigenvalue weighted by Gasteiger charge is -2.41.